The van der Waals surface area contributed by atoms with Crippen LogP contribution in [0.5, 0.6) is 11.5 Å². The molecule has 1 saturated heterocycles. The molecule has 1 aromatic carbocycles. The summed E-state index contributed by atoms with van der Waals surface area (Å²) in [5.41, 5.74) is 1.03. The van der Waals surface area contributed by atoms with Crippen molar-refractivity contribution in [3.8, 4) is 11.5 Å². The number of urea groups is 1. The fourth-order valence-electron chi connectivity index (χ4n) is 2.82. The molecule has 1 fully saturated rings. The Morgan fingerprint density at radius 3 is 2.88 bits per heavy atom. The van der Waals surface area contributed by atoms with Crippen molar-refractivity contribution in [2.24, 2.45) is 0 Å². The molecule has 7 nitrogen and oxygen atoms in total. The molecule has 0 aliphatic carbocycles. The zero-order valence-corrected chi connectivity index (χ0v) is 14.9. The Labute approximate surface area is 153 Å². The standard InChI is InChI=1S/C19H24N4O3/c1-25-17-6-4-15(5-7-17)11-22-19(24)23-10-9-21-12-16(23)14-26-18-3-2-8-20-13-18/h2-8,13,16,21H,9-12,14H2,1H3,(H,22,24). The number of carbonyl (C=O) groups excluding carboxylic acids is 1. The van der Waals surface area contributed by atoms with E-state index in [0.717, 1.165) is 17.9 Å². The number of carbonyl (C=O) groups is 1. The van der Waals surface area contributed by atoms with E-state index in [9.17, 15) is 4.79 Å². The molecule has 0 spiro atoms. The van der Waals surface area contributed by atoms with E-state index in [4.69, 9.17) is 9.47 Å². The Bertz CT molecular complexity index is 694. The van der Waals surface area contributed by atoms with Gasteiger partial charge in [-0.2, -0.15) is 0 Å². The number of benzene rings is 1. The lowest BCUT2D eigenvalue weighted by molar-refractivity contribution is 0.124. The van der Waals surface area contributed by atoms with Crippen LogP contribution < -0.4 is 20.1 Å². The molecule has 0 saturated carbocycles. The van der Waals surface area contributed by atoms with Gasteiger partial charge >= 0.3 is 6.03 Å². The summed E-state index contributed by atoms with van der Waals surface area (Å²) in [5.74, 6) is 1.51. The van der Waals surface area contributed by atoms with Crippen LogP contribution in [0.25, 0.3) is 0 Å². The van der Waals surface area contributed by atoms with E-state index in [1.165, 1.54) is 0 Å². The van der Waals surface area contributed by atoms with Crippen LogP contribution >= 0.6 is 0 Å². The maximum Gasteiger partial charge on any atom is 0.318 e. The maximum absolute atomic E-state index is 12.6. The molecule has 7 heteroatoms. The lowest BCUT2D eigenvalue weighted by atomic mass is 10.2. The molecule has 1 atom stereocenters. The van der Waals surface area contributed by atoms with Gasteiger partial charge in [0.05, 0.1) is 19.3 Å². The number of methoxy groups -OCH3 is 1. The van der Waals surface area contributed by atoms with E-state index in [-0.39, 0.29) is 12.1 Å². The van der Waals surface area contributed by atoms with Gasteiger partial charge in [0.15, 0.2) is 0 Å². The molecule has 2 heterocycles. The van der Waals surface area contributed by atoms with E-state index in [0.29, 0.717) is 32.0 Å². The number of nitrogens with one attached hydrogen (secondary N) is 2. The number of rotatable bonds is 6. The van der Waals surface area contributed by atoms with Gasteiger partial charge in [-0.1, -0.05) is 12.1 Å². The molecule has 1 aliphatic rings. The normalized spacial score (nSPS) is 16.8. The smallest absolute Gasteiger partial charge is 0.318 e. The Morgan fingerprint density at radius 1 is 1.31 bits per heavy atom. The van der Waals surface area contributed by atoms with Crippen molar-refractivity contribution in [1.82, 2.24) is 20.5 Å². The Hall–Kier alpha value is -2.80. The average molecular weight is 356 g/mol. The topological polar surface area (TPSA) is 75.7 Å². The molecule has 0 bridgehead atoms. The van der Waals surface area contributed by atoms with Crippen molar-refractivity contribution in [2.45, 2.75) is 12.6 Å². The van der Waals surface area contributed by atoms with Gasteiger partial charge < -0.3 is 25.0 Å². The van der Waals surface area contributed by atoms with Gasteiger partial charge in [0.2, 0.25) is 0 Å². The number of aromatic nitrogens is 1. The second kappa shape index (κ2) is 9.05. The quantitative estimate of drug-likeness (QED) is 0.823. The molecule has 2 N–H and O–H groups in total. The molecule has 1 unspecified atom stereocenters. The van der Waals surface area contributed by atoms with E-state index in [1.54, 1.807) is 19.5 Å². The molecule has 2 amide bonds. The van der Waals surface area contributed by atoms with Crippen LogP contribution in [0, 0.1) is 0 Å². The fraction of sp³-hybridized carbons (Fsp3) is 0.368. The highest BCUT2D eigenvalue weighted by Gasteiger charge is 2.27. The van der Waals surface area contributed by atoms with Gasteiger partial charge in [-0.3, -0.25) is 4.98 Å². The Balaban J connectivity index is 1.53. The zero-order chi connectivity index (χ0) is 18.2. The van der Waals surface area contributed by atoms with E-state index >= 15 is 0 Å². The highest BCUT2D eigenvalue weighted by atomic mass is 16.5. The number of hydrogen-bond acceptors (Lipinski definition) is 5. The van der Waals surface area contributed by atoms with Crippen LogP contribution in [-0.4, -0.2) is 55.3 Å². The molecule has 1 aliphatic heterocycles. The van der Waals surface area contributed by atoms with Crippen LogP contribution in [0.3, 0.4) is 0 Å². The van der Waals surface area contributed by atoms with Crippen molar-refractivity contribution >= 4 is 6.03 Å². The zero-order valence-electron chi connectivity index (χ0n) is 14.9. The molecule has 0 radical (unpaired) electrons. The second-order valence-electron chi connectivity index (χ2n) is 6.06. The summed E-state index contributed by atoms with van der Waals surface area (Å²) in [5, 5.41) is 6.30. The minimum Gasteiger partial charge on any atom is -0.497 e. The molecule has 3 rings (SSSR count). The summed E-state index contributed by atoms with van der Waals surface area (Å²) in [7, 11) is 1.63. The second-order valence-corrected chi connectivity index (χ2v) is 6.06. The Morgan fingerprint density at radius 2 is 2.15 bits per heavy atom. The van der Waals surface area contributed by atoms with Gasteiger partial charge in [0.1, 0.15) is 18.1 Å². The van der Waals surface area contributed by atoms with Crippen molar-refractivity contribution in [1.29, 1.82) is 0 Å². The van der Waals surface area contributed by atoms with Gasteiger partial charge in [-0.15, -0.1) is 0 Å². The molecular formula is C19H24N4O3. The van der Waals surface area contributed by atoms with E-state index in [1.807, 2.05) is 41.3 Å². The number of piperazine rings is 1. The SMILES string of the molecule is COc1ccc(CNC(=O)N2CCNCC2COc2cccnc2)cc1. The largest absolute Gasteiger partial charge is 0.497 e. The van der Waals surface area contributed by atoms with Crippen LogP contribution in [-0.2, 0) is 6.54 Å². The van der Waals surface area contributed by atoms with Gasteiger partial charge in [-0.05, 0) is 29.8 Å². The summed E-state index contributed by atoms with van der Waals surface area (Å²) in [6.45, 7) is 3.03. The van der Waals surface area contributed by atoms with Crippen LogP contribution in [0.2, 0.25) is 0 Å². The van der Waals surface area contributed by atoms with Gasteiger partial charge in [0, 0.05) is 32.4 Å². The first-order chi connectivity index (χ1) is 12.8. The van der Waals surface area contributed by atoms with Gasteiger partial charge in [0.25, 0.3) is 0 Å². The van der Waals surface area contributed by atoms with Crippen molar-refractivity contribution < 1.29 is 14.3 Å². The van der Waals surface area contributed by atoms with Crippen LogP contribution in [0.1, 0.15) is 5.56 Å². The van der Waals surface area contributed by atoms with Crippen LogP contribution in [0.15, 0.2) is 48.8 Å². The molecule has 2 aromatic rings. The summed E-state index contributed by atoms with van der Waals surface area (Å²) in [6.07, 6.45) is 3.37. The average Bonchev–Trinajstić information content (AvgIpc) is 2.72. The first-order valence-corrected chi connectivity index (χ1v) is 8.67. The monoisotopic (exact) mass is 356 g/mol. The third-order valence-corrected chi connectivity index (χ3v) is 4.29. The molecule has 138 valence electrons. The highest BCUT2D eigenvalue weighted by Crippen LogP contribution is 2.12. The lowest BCUT2D eigenvalue weighted by Crippen LogP contribution is -2.58. The van der Waals surface area contributed by atoms with Crippen molar-refractivity contribution in [3.63, 3.8) is 0 Å². The maximum atomic E-state index is 12.6. The summed E-state index contributed by atoms with van der Waals surface area (Å²) < 4.78 is 10.9. The molecule has 1 aromatic heterocycles. The predicted molar refractivity (Wildman–Crippen MR) is 98.3 cm³/mol. The molecule has 26 heavy (non-hydrogen) atoms. The summed E-state index contributed by atoms with van der Waals surface area (Å²) >= 11 is 0. The molecular weight excluding hydrogens is 332 g/mol. The number of pyridine rings is 1. The minimum absolute atomic E-state index is 0.0279. The van der Waals surface area contributed by atoms with E-state index < -0.39 is 0 Å². The summed E-state index contributed by atoms with van der Waals surface area (Å²) in [6, 6.07) is 11.2. The van der Waals surface area contributed by atoms with E-state index in [2.05, 4.69) is 15.6 Å². The lowest BCUT2D eigenvalue weighted by Gasteiger charge is -2.35. The fourth-order valence-corrected chi connectivity index (χ4v) is 2.82. The Kier molecular flexibility index (Phi) is 6.27. The first kappa shape index (κ1) is 18.0. The van der Waals surface area contributed by atoms with Crippen molar-refractivity contribution in [3.05, 3.63) is 54.4 Å². The number of nitrogens with zero attached hydrogens (tertiary/aromatic N) is 2. The first-order valence-electron chi connectivity index (χ1n) is 8.67. The minimum atomic E-state index is -0.0814. The third-order valence-electron chi connectivity index (χ3n) is 4.29. The van der Waals surface area contributed by atoms with Crippen LogP contribution in [0.4, 0.5) is 4.79 Å². The predicted octanol–water partition coefficient (Wildman–Crippen LogP) is 1.65. The number of hydrogen-bond donors (Lipinski definition) is 2. The number of ether oxygens (including phenoxy) is 2. The van der Waals surface area contributed by atoms with Crippen molar-refractivity contribution in [2.75, 3.05) is 33.4 Å². The summed E-state index contributed by atoms with van der Waals surface area (Å²) in [4.78, 5) is 18.5. The third kappa shape index (κ3) is 4.86. The number of amides is 2. The van der Waals surface area contributed by atoms with Gasteiger partial charge in [-0.25, -0.2) is 4.79 Å². The highest BCUT2D eigenvalue weighted by molar-refractivity contribution is 5.74.